The first-order valence-electron chi connectivity index (χ1n) is 7.97. The van der Waals surface area contributed by atoms with E-state index in [9.17, 15) is 4.79 Å². The van der Waals surface area contributed by atoms with E-state index >= 15 is 0 Å². The van der Waals surface area contributed by atoms with Crippen molar-refractivity contribution in [1.82, 2.24) is 25.4 Å². The summed E-state index contributed by atoms with van der Waals surface area (Å²) in [4.78, 5) is 16.0. The highest BCUT2D eigenvalue weighted by Crippen LogP contribution is 2.18. The second-order valence-corrected chi connectivity index (χ2v) is 5.94. The summed E-state index contributed by atoms with van der Waals surface area (Å²) in [6.45, 7) is 2.05. The Balaban J connectivity index is 1.54. The van der Waals surface area contributed by atoms with Crippen molar-refractivity contribution in [3.05, 3.63) is 54.6 Å². The largest absolute Gasteiger partial charge is 0.396 e. The van der Waals surface area contributed by atoms with E-state index in [-0.39, 0.29) is 30.6 Å². The van der Waals surface area contributed by atoms with Gasteiger partial charge in [0.2, 0.25) is 0 Å². The number of nitrogens with one attached hydrogen (secondary N) is 2. The normalized spacial score (nSPS) is 20.8. The van der Waals surface area contributed by atoms with Gasteiger partial charge in [-0.2, -0.15) is 5.10 Å². The second kappa shape index (κ2) is 7.27. The number of aromatic nitrogens is 3. The zero-order chi connectivity index (χ0) is 16.9. The lowest BCUT2D eigenvalue weighted by atomic mass is 10.1. The van der Waals surface area contributed by atoms with Crippen LogP contribution in [0.1, 0.15) is 24.9 Å². The van der Waals surface area contributed by atoms with Gasteiger partial charge < -0.3 is 15.7 Å². The predicted octanol–water partition coefficient (Wildman–Crippen LogP) is 1.56. The molecule has 1 heterocycles. The van der Waals surface area contributed by atoms with E-state index in [1.807, 2.05) is 43.3 Å². The van der Waals surface area contributed by atoms with E-state index in [4.69, 9.17) is 5.11 Å². The minimum atomic E-state index is -0.212. The number of urea groups is 1. The molecule has 7 nitrogen and oxygen atoms in total. The van der Waals surface area contributed by atoms with Gasteiger partial charge in [0.25, 0.3) is 0 Å². The molecule has 0 bridgehead atoms. The van der Waals surface area contributed by atoms with E-state index in [1.54, 1.807) is 11.0 Å². The third-order valence-corrected chi connectivity index (χ3v) is 4.15. The number of amides is 2. The summed E-state index contributed by atoms with van der Waals surface area (Å²) in [6, 6.07) is 7.43. The van der Waals surface area contributed by atoms with E-state index in [1.165, 1.54) is 6.33 Å². The minimum absolute atomic E-state index is 0.0240. The second-order valence-electron chi connectivity index (χ2n) is 5.94. The number of aliphatic hydroxyl groups is 1. The lowest BCUT2D eigenvalue weighted by molar-refractivity contribution is 0.229. The molecule has 0 spiro atoms. The van der Waals surface area contributed by atoms with Crippen LogP contribution in [0, 0.1) is 5.92 Å². The molecule has 7 heteroatoms. The van der Waals surface area contributed by atoms with E-state index in [2.05, 4.69) is 20.7 Å². The third-order valence-electron chi connectivity index (χ3n) is 4.15. The van der Waals surface area contributed by atoms with Crippen molar-refractivity contribution in [3.63, 3.8) is 0 Å². The standard InChI is InChI=1S/C17H21N5O2/c1-12(20-17(24)21-15-5-2-13(8-15)9-23)14-3-6-16(7-4-14)22-11-18-10-19-22/h2-7,10-13,15,23H,8-9H2,1H3,(H2,20,21,24)/t12?,13-,15+/m0/s1. The van der Waals surface area contributed by atoms with Crippen LogP contribution in [0.5, 0.6) is 0 Å². The Hall–Kier alpha value is -2.67. The maximum atomic E-state index is 12.1. The van der Waals surface area contributed by atoms with Gasteiger partial charge in [-0.3, -0.25) is 0 Å². The van der Waals surface area contributed by atoms with Crippen molar-refractivity contribution in [1.29, 1.82) is 0 Å². The molecule has 0 saturated carbocycles. The van der Waals surface area contributed by atoms with Crippen molar-refractivity contribution in [2.75, 3.05) is 6.61 Å². The van der Waals surface area contributed by atoms with Crippen LogP contribution in [0.3, 0.4) is 0 Å². The SMILES string of the molecule is CC(NC(=O)N[C@@H]1C=C[C@H](CO)C1)c1ccc(-n2cncn2)cc1. The number of hydrogen-bond acceptors (Lipinski definition) is 4. The molecule has 3 atom stereocenters. The van der Waals surface area contributed by atoms with Crippen LogP contribution in [0.25, 0.3) is 5.69 Å². The number of aliphatic hydroxyl groups excluding tert-OH is 1. The lowest BCUT2D eigenvalue weighted by Gasteiger charge is -2.18. The molecule has 0 aliphatic heterocycles. The summed E-state index contributed by atoms with van der Waals surface area (Å²) in [7, 11) is 0. The Kier molecular flexibility index (Phi) is 4.90. The number of benzene rings is 1. The van der Waals surface area contributed by atoms with Gasteiger partial charge in [-0.25, -0.2) is 14.5 Å². The monoisotopic (exact) mass is 327 g/mol. The first kappa shape index (κ1) is 16.2. The quantitative estimate of drug-likeness (QED) is 0.727. The molecule has 0 fully saturated rings. The maximum Gasteiger partial charge on any atom is 0.315 e. The number of carbonyl (C=O) groups excluding carboxylic acids is 1. The molecule has 1 aliphatic carbocycles. The van der Waals surface area contributed by atoms with Gasteiger partial charge in [0.15, 0.2) is 0 Å². The highest BCUT2D eigenvalue weighted by molar-refractivity contribution is 5.75. The highest BCUT2D eigenvalue weighted by Gasteiger charge is 2.20. The zero-order valence-corrected chi connectivity index (χ0v) is 13.5. The number of hydrogen-bond donors (Lipinski definition) is 3. The molecule has 0 radical (unpaired) electrons. The van der Waals surface area contributed by atoms with Gasteiger partial charge in [-0.15, -0.1) is 0 Å². The number of carbonyl (C=O) groups is 1. The molecule has 24 heavy (non-hydrogen) atoms. The molecular weight excluding hydrogens is 306 g/mol. The Morgan fingerprint density at radius 3 is 2.79 bits per heavy atom. The van der Waals surface area contributed by atoms with E-state index < -0.39 is 0 Å². The molecule has 1 aliphatic rings. The summed E-state index contributed by atoms with van der Waals surface area (Å²) in [5.41, 5.74) is 1.92. The zero-order valence-electron chi connectivity index (χ0n) is 13.5. The van der Waals surface area contributed by atoms with Gasteiger partial charge in [-0.05, 0) is 31.0 Å². The van der Waals surface area contributed by atoms with Crippen LogP contribution in [-0.2, 0) is 0 Å². The molecule has 3 N–H and O–H groups in total. The molecule has 0 saturated heterocycles. The van der Waals surface area contributed by atoms with Crippen LogP contribution in [0.15, 0.2) is 49.1 Å². The Bertz CT molecular complexity index is 696. The first-order valence-corrected chi connectivity index (χ1v) is 7.97. The van der Waals surface area contributed by atoms with Crippen LogP contribution in [0.4, 0.5) is 4.79 Å². The van der Waals surface area contributed by atoms with Crippen molar-refractivity contribution in [2.24, 2.45) is 5.92 Å². The number of rotatable bonds is 5. The highest BCUT2D eigenvalue weighted by atomic mass is 16.3. The first-order chi connectivity index (χ1) is 11.7. The van der Waals surface area contributed by atoms with Crippen LogP contribution in [0.2, 0.25) is 0 Å². The summed E-state index contributed by atoms with van der Waals surface area (Å²) in [6.07, 6.45) is 7.74. The van der Waals surface area contributed by atoms with Crippen LogP contribution in [-0.4, -0.2) is 38.6 Å². The van der Waals surface area contributed by atoms with Crippen molar-refractivity contribution < 1.29 is 9.90 Å². The van der Waals surface area contributed by atoms with Gasteiger partial charge in [0.1, 0.15) is 12.7 Å². The van der Waals surface area contributed by atoms with Gasteiger partial charge >= 0.3 is 6.03 Å². The summed E-state index contributed by atoms with van der Waals surface area (Å²) in [5.74, 6) is 0.136. The Morgan fingerprint density at radius 2 is 2.17 bits per heavy atom. The average molecular weight is 327 g/mol. The molecule has 126 valence electrons. The molecule has 2 amide bonds. The molecule has 2 aromatic rings. The lowest BCUT2D eigenvalue weighted by Crippen LogP contribution is -2.41. The van der Waals surface area contributed by atoms with Crippen molar-refractivity contribution in [2.45, 2.75) is 25.4 Å². The van der Waals surface area contributed by atoms with Gasteiger partial charge in [0.05, 0.1) is 11.7 Å². The summed E-state index contributed by atoms with van der Waals surface area (Å²) < 4.78 is 1.68. The van der Waals surface area contributed by atoms with E-state index in [0.29, 0.717) is 0 Å². The summed E-state index contributed by atoms with van der Waals surface area (Å²) in [5, 5.41) is 19.0. The summed E-state index contributed by atoms with van der Waals surface area (Å²) >= 11 is 0. The van der Waals surface area contributed by atoms with Gasteiger partial charge in [0, 0.05) is 18.6 Å². The fourth-order valence-corrected chi connectivity index (χ4v) is 2.76. The molecule has 3 rings (SSSR count). The minimum Gasteiger partial charge on any atom is -0.396 e. The topological polar surface area (TPSA) is 92.1 Å². The molecule has 1 aromatic heterocycles. The number of nitrogens with zero attached hydrogens (tertiary/aromatic N) is 3. The van der Waals surface area contributed by atoms with Crippen molar-refractivity contribution in [3.8, 4) is 5.69 Å². The maximum absolute atomic E-state index is 12.1. The molecule has 1 aromatic carbocycles. The fraction of sp³-hybridized carbons (Fsp3) is 0.353. The fourth-order valence-electron chi connectivity index (χ4n) is 2.76. The molecular formula is C17H21N5O2. The smallest absolute Gasteiger partial charge is 0.315 e. The average Bonchev–Trinajstić information content (AvgIpc) is 3.26. The Morgan fingerprint density at radius 1 is 1.38 bits per heavy atom. The molecule has 1 unspecified atom stereocenters. The van der Waals surface area contributed by atoms with Gasteiger partial charge in [-0.1, -0.05) is 24.3 Å². The predicted molar refractivity (Wildman–Crippen MR) is 89.6 cm³/mol. The van der Waals surface area contributed by atoms with E-state index in [0.717, 1.165) is 17.7 Å². The van der Waals surface area contributed by atoms with Crippen LogP contribution < -0.4 is 10.6 Å². The Labute approximate surface area is 140 Å². The van der Waals surface area contributed by atoms with Crippen molar-refractivity contribution >= 4 is 6.03 Å². The third kappa shape index (κ3) is 3.80. The van der Waals surface area contributed by atoms with Crippen LogP contribution >= 0.6 is 0 Å².